The monoisotopic (exact) mass is 298 g/mol. The molecule has 0 bridgehead atoms. The van der Waals surface area contributed by atoms with Crippen molar-refractivity contribution in [2.24, 2.45) is 0 Å². The Balaban J connectivity index is 3.06. The van der Waals surface area contributed by atoms with E-state index < -0.39 is 12.5 Å². The second kappa shape index (κ2) is 7.14. The first-order valence-corrected chi connectivity index (χ1v) is 6.76. The first-order chi connectivity index (χ1) is 9.36. The third kappa shape index (κ3) is 4.13. The van der Waals surface area contributed by atoms with Crippen LogP contribution in [0.2, 0.25) is 5.02 Å². The molecule has 0 spiro atoms. The van der Waals surface area contributed by atoms with Crippen molar-refractivity contribution in [3.8, 4) is 0 Å². The number of nitrogens with zero attached hydrogens (tertiary/aromatic N) is 2. The second-order valence-electron chi connectivity index (χ2n) is 4.61. The number of carbonyl (C=O) groups is 2. The largest absolute Gasteiger partial charge is 0.480 e. The Labute approximate surface area is 123 Å². The fourth-order valence-electron chi connectivity index (χ4n) is 1.70. The van der Waals surface area contributed by atoms with Gasteiger partial charge in [-0.2, -0.15) is 0 Å². The molecule has 2 amide bonds. The molecular formula is C14H19ClN2O3. The van der Waals surface area contributed by atoms with E-state index in [0.29, 0.717) is 10.7 Å². The quantitative estimate of drug-likeness (QED) is 0.908. The molecule has 1 rings (SSSR count). The lowest BCUT2D eigenvalue weighted by atomic mass is 10.2. The summed E-state index contributed by atoms with van der Waals surface area (Å²) in [6.45, 7) is 3.48. The van der Waals surface area contributed by atoms with Crippen LogP contribution in [0.15, 0.2) is 24.3 Å². The van der Waals surface area contributed by atoms with Gasteiger partial charge >= 0.3 is 12.0 Å². The molecule has 6 heteroatoms. The molecule has 0 saturated carbocycles. The van der Waals surface area contributed by atoms with E-state index in [2.05, 4.69) is 0 Å². The zero-order valence-electron chi connectivity index (χ0n) is 11.8. The number of rotatable bonds is 5. The Morgan fingerprint density at radius 1 is 1.40 bits per heavy atom. The van der Waals surface area contributed by atoms with Crippen LogP contribution in [0.1, 0.15) is 20.3 Å². The second-order valence-corrected chi connectivity index (χ2v) is 5.05. The molecular weight excluding hydrogens is 280 g/mol. The Hall–Kier alpha value is -1.75. The Kier molecular flexibility index (Phi) is 5.82. The zero-order chi connectivity index (χ0) is 15.3. The molecule has 1 unspecified atom stereocenters. The van der Waals surface area contributed by atoms with Crippen LogP contribution < -0.4 is 4.90 Å². The predicted octanol–water partition coefficient (Wildman–Crippen LogP) is 3.08. The van der Waals surface area contributed by atoms with E-state index in [0.717, 1.165) is 6.42 Å². The van der Waals surface area contributed by atoms with Gasteiger partial charge in [0.25, 0.3) is 0 Å². The summed E-state index contributed by atoms with van der Waals surface area (Å²) in [5.74, 6) is -1.07. The minimum absolute atomic E-state index is 0.0259. The van der Waals surface area contributed by atoms with Crippen molar-refractivity contribution >= 4 is 29.3 Å². The van der Waals surface area contributed by atoms with Crippen LogP contribution in [0, 0.1) is 0 Å². The molecule has 1 atom stereocenters. The first-order valence-electron chi connectivity index (χ1n) is 6.38. The Morgan fingerprint density at radius 2 is 2.05 bits per heavy atom. The fourth-order valence-corrected chi connectivity index (χ4v) is 1.89. The van der Waals surface area contributed by atoms with Crippen molar-refractivity contribution in [2.45, 2.75) is 26.3 Å². The van der Waals surface area contributed by atoms with E-state index in [-0.39, 0.29) is 12.1 Å². The van der Waals surface area contributed by atoms with Gasteiger partial charge in [-0.05, 0) is 31.5 Å². The molecule has 110 valence electrons. The number of carboxylic acids is 1. The van der Waals surface area contributed by atoms with Gasteiger partial charge in [0, 0.05) is 23.8 Å². The molecule has 0 heterocycles. The lowest BCUT2D eigenvalue weighted by Crippen LogP contribution is -2.47. The normalized spacial score (nSPS) is 11.8. The van der Waals surface area contributed by atoms with Crippen molar-refractivity contribution in [3.05, 3.63) is 29.3 Å². The number of halogens is 1. The number of urea groups is 1. The van der Waals surface area contributed by atoms with Crippen LogP contribution in [0.5, 0.6) is 0 Å². The maximum atomic E-state index is 12.4. The molecule has 0 aliphatic carbocycles. The predicted molar refractivity (Wildman–Crippen MR) is 79.3 cm³/mol. The molecule has 0 aromatic heterocycles. The standard InChI is InChI=1S/C14H19ClN2O3/c1-4-10(2)16(3)14(20)17(9-13(18)19)12-7-5-6-11(15)8-12/h5-8,10H,4,9H2,1-3H3,(H,18,19). The summed E-state index contributed by atoms with van der Waals surface area (Å²) in [5.41, 5.74) is 0.472. The number of carboxylic acid groups (broad SMARTS) is 1. The highest BCUT2D eigenvalue weighted by molar-refractivity contribution is 6.30. The van der Waals surface area contributed by atoms with E-state index in [1.54, 1.807) is 31.3 Å². The molecule has 0 aliphatic rings. The van der Waals surface area contributed by atoms with Gasteiger partial charge in [0.2, 0.25) is 0 Å². The van der Waals surface area contributed by atoms with E-state index in [9.17, 15) is 9.59 Å². The summed E-state index contributed by atoms with van der Waals surface area (Å²) in [4.78, 5) is 26.2. The molecule has 0 saturated heterocycles. The van der Waals surface area contributed by atoms with Gasteiger partial charge in [-0.3, -0.25) is 9.69 Å². The van der Waals surface area contributed by atoms with Crippen LogP contribution in [0.3, 0.4) is 0 Å². The Bertz CT molecular complexity index is 493. The van der Waals surface area contributed by atoms with Crippen molar-refractivity contribution in [3.63, 3.8) is 0 Å². The van der Waals surface area contributed by atoms with Gasteiger partial charge in [-0.25, -0.2) is 4.79 Å². The number of aliphatic carboxylic acids is 1. The SMILES string of the molecule is CCC(C)N(C)C(=O)N(CC(=O)O)c1cccc(Cl)c1. The highest BCUT2D eigenvalue weighted by atomic mass is 35.5. The summed E-state index contributed by atoms with van der Waals surface area (Å²) in [7, 11) is 1.66. The first kappa shape index (κ1) is 16.3. The summed E-state index contributed by atoms with van der Waals surface area (Å²) in [5, 5.41) is 9.45. The summed E-state index contributed by atoms with van der Waals surface area (Å²) in [6.07, 6.45) is 0.790. The van der Waals surface area contributed by atoms with Crippen molar-refractivity contribution in [2.75, 3.05) is 18.5 Å². The maximum absolute atomic E-state index is 12.4. The smallest absolute Gasteiger partial charge is 0.325 e. The van der Waals surface area contributed by atoms with Crippen LogP contribution in [-0.2, 0) is 4.79 Å². The molecule has 1 aromatic carbocycles. The average molecular weight is 299 g/mol. The Morgan fingerprint density at radius 3 is 2.55 bits per heavy atom. The highest BCUT2D eigenvalue weighted by Gasteiger charge is 2.24. The van der Waals surface area contributed by atoms with E-state index >= 15 is 0 Å². The third-order valence-corrected chi connectivity index (χ3v) is 3.43. The lowest BCUT2D eigenvalue weighted by molar-refractivity contribution is -0.135. The van der Waals surface area contributed by atoms with Crippen molar-refractivity contribution in [1.29, 1.82) is 0 Å². The van der Waals surface area contributed by atoms with Crippen molar-refractivity contribution in [1.82, 2.24) is 4.90 Å². The van der Waals surface area contributed by atoms with Crippen LogP contribution in [-0.4, -0.2) is 41.6 Å². The van der Waals surface area contributed by atoms with Gasteiger partial charge in [0.15, 0.2) is 0 Å². The molecule has 0 radical (unpaired) electrons. The molecule has 1 N–H and O–H groups in total. The topological polar surface area (TPSA) is 60.9 Å². The maximum Gasteiger partial charge on any atom is 0.325 e. The molecule has 0 fully saturated rings. The van der Waals surface area contributed by atoms with Gasteiger partial charge < -0.3 is 10.0 Å². The number of carbonyl (C=O) groups excluding carboxylic acids is 1. The summed E-state index contributed by atoms with van der Waals surface area (Å²) < 4.78 is 0. The molecule has 0 aliphatic heterocycles. The highest BCUT2D eigenvalue weighted by Crippen LogP contribution is 2.21. The van der Waals surface area contributed by atoms with Gasteiger partial charge in [-0.15, -0.1) is 0 Å². The summed E-state index contributed by atoms with van der Waals surface area (Å²) in [6, 6.07) is 6.27. The number of hydrogen-bond acceptors (Lipinski definition) is 2. The number of amides is 2. The average Bonchev–Trinajstić information content (AvgIpc) is 2.42. The fraction of sp³-hybridized carbons (Fsp3) is 0.429. The molecule has 20 heavy (non-hydrogen) atoms. The minimum atomic E-state index is -1.07. The van der Waals surface area contributed by atoms with Crippen molar-refractivity contribution < 1.29 is 14.7 Å². The van der Waals surface area contributed by atoms with Crippen LogP contribution in [0.25, 0.3) is 0 Å². The van der Waals surface area contributed by atoms with E-state index in [1.807, 2.05) is 13.8 Å². The van der Waals surface area contributed by atoms with Gasteiger partial charge in [0.1, 0.15) is 6.54 Å². The lowest BCUT2D eigenvalue weighted by Gasteiger charge is -2.30. The zero-order valence-corrected chi connectivity index (χ0v) is 12.6. The van der Waals surface area contributed by atoms with Gasteiger partial charge in [0.05, 0.1) is 0 Å². The minimum Gasteiger partial charge on any atom is -0.480 e. The molecule has 1 aromatic rings. The van der Waals surface area contributed by atoms with E-state index in [1.165, 1.54) is 9.80 Å². The number of hydrogen-bond donors (Lipinski definition) is 1. The number of anilines is 1. The van der Waals surface area contributed by atoms with E-state index in [4.69, 9.17) is 16.7 Å². The van der Waals surface area contributed by atoms with Crippen LogP contribution in [0.4, 0.5) is 10.5 Å². The van der Waals surface area contributed by atoms with Gasteiger partial charge in [-0.1, -0.05) is 24.6 Å². The van der Waals surface area contributed by atoms with Crippen LogP contribution >= 0.6 is 11.6 Å². The number of benzene rings is 1. The third-order valence-electron chi connectivity index (χ3n) is 3.20. The molecule has 5 nitrogen and oxygen atoms in total. The summed E-state index contributed by atoms with van der Waals surface area (Å²) >= 11 is 5.90.